The van der Waals surface area contributed by atoms with E-state index < -0.39 is 0 Å². The van der Waals surface area contributed by atoms with Crippen molar-refractivity contribution in [3.63, 3.8) is 0 Å². The van der Waals surface area contributed by atoms with Gasteiger partial charge in [-0.3, -0.25) is 0 Å². The molecule has 24 heavy (non-hydrogen) atoms. The van der Waals surface area contributed by atoms with E-state index in [9.17, 15) is 0 Å². The van der Waals surface area contributed by atoms with Gasteiger partial charge >= 0.3 is 0 Å². The van der Waals surface area contributed by atoms with Crippen LogP contribution in [0.5, 0.6) is 0 Å². The lowest BCUT2D eigenvalue weighted by atomic mass is 10.1. The highest BCUT2D eigenvalue weighted by Crippen LogP contribution is 2.23. The van der Waals surface area contributed by atoms with Gasteiger partial charge in [0.1, 0.15) is 0 Å². The van der Waals surface area contributed by atoms with Crippen molar-refractivity contribution in [2.75, 3.05) is 38.1 Å². The fraction of sp³-hybridized carbons (Fsp3) is 0.611. The van der Waals surface area contributed by atoms with Crippen LogP contribution in [-0.2, 0) is 0 Å². The van der Waals surface area contributed by atoms with Crippen LogP contribution in [0.15, 0.2) is 18.2 Å². The first-order chi connectivity index (χ1) is 11.6. The molecule has 0 aliphatic carbocycles. The van der Waals surface area contributed by atoms with Gasteiger partial charge in [-0.15, -0.1) is 10.2 Å². The molecule has 0 aromatic carbocycles. The molecular weight excluding hydrogens is 300 g/mol. The maximum Gasteiger partial charge on any atom is 0.176 e. The van der Waals surface area contributed by atoms with Crippen molar-refractivity contribution < 1.29 is 0 Å². The second-order valence-electron chi connectivity index (χ2n) is 6.95. The van der Waals surface area contributed by atoms with Gasteiger partial charge in [-0.05, 0) is 64.4 Å². The van der Waals surface area contributed by atoms with E-state index in [1.54, 1.807) is 0 Å². The molecule has 6 nitrogen and oxygen atoms in total. The molecule has 0 saturated carbocycles. The van der Waals surface area contributed by atoms with E-state index in [0.717, 1.165) is 42.0 Å². The smallest absolute Gasteiger partial charge is 0.176 e. The standard InChI is InChI=1S/C18H28N6/c1-5-9-22(4)12-16-8-10-23(13-16)17-6-7-18(20-19-17)24-15(3)11-14(2)21-24/h6-7,11,16H,5,8-10,12-13H2,1-4H3. The van der Waals surface area contributed by atoms with Crippen molar-refractivity contribution in [2.45, 2.75) is 33.6 Å². The molecule has 1 unspecified atom stereocenters. The van der Waals surface area contributed by atoms with Crippen molar-refractivity contribution in [3.05, 3.63) is 29.6 Å². The van der Waals surface area contributed by atoms with Crippen LogP contribution in [0.3, 0.4) is 0 Å². The van der Waals surface area contributed by atoms with E-state index in [-0.39, 0.29) is 0 Å². The minimum atomic E-state index is 0.721. The first-order valence-corrected chi connectivity index (χ1v) is 8.87. The fourth-order valence-corrected chi connectivity index (χ4v) is 3.56. The highest BCUT2D eigenvalue weighted by atomic mass is 15.4. The van der Waals surface area contributed by atoms with Crippen molar-refractivity contribution in [2.24, 2.45) is 5.92 Å². The number of anilines is 1. The van der Waals surface area contributed by atoms with Crippen LogP contribution < -0.4 is 4.90 Å². The third kappa shape index (κ3) is 3.75. The molecule has 2 aromatic heterocycles. The van der Waals surface area contributed by atoms with Crippen molar-refractivity contribution in [1.29, 1.82) is 0 Å². The molecule has 1 saturated heterocycles. The van der Waals surface area contributed by atoms with Crippen molar-refractivity contribution in [3.8, 4) is 5.82 Å². The minimum Gasteiger partial charge on any atom is -0.355 e. The van der Waals surface area contributed by atoms with Gasteiger partial charge in [0.15, 0.2) is 11.6 Å². The second-order valence-corrected chi connectivity index (χ2v) is 6.95. The molecule has 1 atom stereocenters. The first kappa shape index (κ1) is 16.9. The van der Waals surface area contributed by atoms with E-state index in [4.69, 9.17) is 0 Å². The number of hydrogen-bond acceptors (Lipinski definition) is 5. The second kappa shape index (κ2) is 7.30. The Bertz CT molecular complexity index is 663. The van der Waals surface area contributed by atoms with Crippen molar-refractivity contribution >= 4 is 5.82 Å². The summed E-state index contributed by atoms with van der Waals surface area (Å²) in [5.74, 6) is 2.47. The Morgan fingerprint density at radius 3 is 2.58 bits per heavy atom. The molecule has 1 fully saturated rings. The van der Waals surface area contributed by atoms with E-state index >= 15 is 0 Å². The Morgan fingerprint density at radius 1 is 1.21 bits per heavy atom. The van der Waals surface area contributed by atoms with Gasteiger partial charge in [-0.2, -0.15) is 5.10 Å². The molecule has 0 bridgehead atoms. The molecule has 0 spiro atoms. The van der Waals surface area contributed by atoms with Gasteiger partial charge in [0, 0.05) is 25.3 Å². The van der Waals surface area contributed by atoms with E-state index in [2.05, 4.69) is 45.1 Å². The predicted octanol–water partition coefficient (Wildman–Crippen LogP) is 2.45. The van der Waals surface area contributed by atoms with Crippen LogP contribution in [0.25, 0.3) is 5.82 Å². The van der Waals surface area contributed by atoms with Gasteiger partial charge in [-0.25, -0.2) is 4.68 Å². The number of hydrogen-bond donors (Lipinski definition) is 0. The monoisotopic (exact) mass is 328 g/mol. The van der Waals surface area contributed by atoms with E-state index in [1.807, 2.05) is 30.7 Å². The highest BCUT2D eigenvalue weighted by molar-refractivity contribution is 5.41. The summed E-state index contributed by atoms with van der Waals surface area (Å²) in [6, 6.07) is 6.13. The van der Waals surface area contributed by atoms with Crippen LogP contribution in [0, 0.1) is 19.8 Å². The summed E-state index contributed by atoms with van der Waals surface area (Å²) in [7, 11) is 2.22. The maximum absolute atomic E-state index is 4.46. The number of aryl methyl sites for hydroxylation is 2. The molecule has 0 radical (unpaired) electrons. The lowest BCUT2D eigenvalue weighted by Crippen LogP contribution is -2.29. The zero-order chi connectivity index (χ0) is 17.1. The minimum absolute atomic E-state index is 0.721. The van der Waals surface area contributed by atoms with Gasteiger partial charge in [-0.1, -0.05) is 6.92 Å². The molecular formula is C18H28N6. The molecule has 3 rings (SSSR count). The Balaban J connectivity index is 1.63. The van der Waals surface area contributed by atoms with Crippen LogP contribution in [-0.4, -0.2) is 58.1 Å². The summed E-state index contributed by atoms with van der Waals surface area (Å²) < 4.78 is 1.85. The fourth-order valence-electron chi connectivity index (χ4n) is 3.56. The topological polar surface area (TPSA) is 50.1 Å². The number of nitrogens with zero attached hydrogens (tertiary/aromatic N) is 6. The highest BCUT2D eigenvalue weighted by Gasteiger charge is 2.24. The summed E-state index contributed by atoms with van der Waals surface area (Å²) in [4.78, 5) is 4.79. The third-order valence-electron chi connectivity index (χ3n) is 4.65. The van der Waals surface area contributed by atoms with Gasteiger partial charge < -0.3 is 9.80 Å². The van der Waals surface area contributed by atoms with Gasteiger partial charge in [0.2, 0.25) is 0 Å². The Morgan fingerprint density at radius 2 is 1.96 bits per heavy atom. The summed E-state index contributed by atoms with van der Waals surface area (Å²) in [5, 5.41) is 13.3. The van der Waals surface area contributed by atoms with E-state index in [1.165, 1.54) is 25.9 Å². The van der Waals surface area contributed by atoms with Crippen LogP contribution in [0.4, 0.5) is 5.82 Å². The average Bonchev–Trinajstić information content (AvgIpc) is 3.14. The SMILES string of the molecule is CCCN(C)CC1CCN(c2ccc(-n3nc(C)cc3C)nn2)C1. The third-order valence-corrected chi connectivity index (χ3v) is 4.65. The molecule has 0 N–H and O–H groups in total. The molecule has 0 amide bonds. The van der Waals surface area contributed by atoms with Crippen LogP contribution in [0.2, 0.25) is 0 Å². The lowest BCUT2D eigenvalue weighted by molar-refractivity contribution is 0.287. The van der Waals surface area contributed by atoms with E-state index in [0.29, 0.717) is 0 Å². The largest absolute Gasteiger partial charge is 0.355 e. The molecule has 1 aliphatic rings. The first-order valence-electron chi connectivity index (χ1n) is 8.87. The Hall–Kier alpha value is -1.95. The zero-order valence-corrected chi connectivity index (χ0v) is 15.2. The molecule has 2 aromatic rings. The van der Waals surface area contributed by atoms with Crippen LogP contribution in [0.1, 0.15) is 31.2 Å². The zero-order valence-electron chi connectivity index (χ0n) is 15.2. The normalized spacial score (nSPS) is 17.9. The molecule has 1 aliphatic heterocycles. The average molecular weight is 328 g/mol. The van der Waals surface area contributed by atoms with Crippen molar-refractivity contribution in [1.82, 2.24) is 24.9 Å². The molecule has 6 heteroatoms. The van der Waals surface area contributed by atoms with Gasteiger partial charge in [0.25, 0.3) is 0 Å². The summed E-state index contributed by atoms with van der Waals surface area (Å²) in [6.45, 7) is 10.7. The summed E-state index contributed by atoms with van der Waals surface area (Å²) in [6.07, 6.45) is 2.45. The predicted molar refractivity (Wildman–Crippen MR) is 96.7 cm³/mol. The number of rotatable bonds is 6. The molecule has 130 valence electrons. The maximum atomic E-state index is 4.46. The number of aromatic nitrogens is 4. The quantitative estimate of drug-likeness (QED) is 0.815. The molecule has 3 heterocycles. The van der Waals surface area contributed by atoms with Gasteiger partial charge in [0.05, 0.1) is 5.69 Å². The Kier molecular flexibility index (Phi) is 5.14. The lowest BCUT2D eigenvalue weighted by Gasteiger charge is -2.21. The summed E-state index contributed by atoms with van der Waals surface area (Å²) >= 11 is 0. The summed E-state index contributed by atoms with van der Waals surface area (Å²) in [5.41, 5.74) is 2.08. The van der Waals surface area contributed by atoms with Crippen LogP contribution >= 0.6 is 0 Å². The Labute approximate surface area is 144 Å².